The first-order valence-electron chi connectivity index (χ1n) is 4.90. The highest BCUT2D eigenvalue weighted by Gasteiger charge is 2.34. The molecular formula is C9H17N3O2. The smallest absolute Gasteiger partial charge is 0.256 e. The molecule has 80 valence electrons. The zero-order valence-corrected chi connectivity index (χ0v) is 8.62. The highest BCUT2D eigenvalue weighted by molar-refractivity contribution is 5.88. The Labute approximate surface area is 83.6 Å². The van der Waals surface area contributed by atoms with Gasteiger partial charge in [-0.15, -0.1) is 0 Å². The van der Waals surface area contributed by atoms with E-state index in [4.69, 9.17) is 5.84 Å². The summed E-state index contributed by atoms with van der Waals surface area (Å²) in [6, 6.07) is -0.455. The van der Waals surface area contributed by atoms with Crippen LogP contribution in [0, 0.1) is 5.92 Å². The van der Waals surface area contributed by atoms with E-state index in [9.17, 15) is 9.59 Å². The van der Waals surface area contributed by atoms with Crippen molar-refractivity contribution in [2.75, 3.05) is 6.54 Å². The van der Waals surface area contributed by atoms with Crippen LogP contribution in [0.25, 0.3) is 0 Å². The predicted octanol–water partition coefficient (Wildman–Crippen LogP) is -0.377. The highest BCUT2D eigenvalue weighted by Crippen LogP contribution is 2.22. The Kier molecular flexibility index (Phi) is 3.46. The summed E-state index contributed by atoms with van der Waals surface area (Å²) in [4.78, 5) is 24.3. The molecule has 0 bridgehead atoms. The van der Waals surface area contributed by atoms with Crippen LogP contribution in [0.2, 0.25) is 0 Å². The first kappa shape index (κ1) is 11.0. The van der Waals surface area contributed by atoms with E-state index in [0.717, 1.165) is 6.42 Å². The molecule has 0 saturated carbocycles. The van der Waals surface area contributed by atoms with E-state index in [-0.39, 0.29) is 11.8 Å². The molecule has 5 heteroatoms. The summed E-state index contributed by atoms with van der Waals surface area (Å²) in [7, 11) is 0. The maximum atomic E-state index is 11.5. The molecule has 1 rings (SSSR count). The van der Waals surface area contributed by atoms with Crippen LogP contribution in [0.15, 0.2) is 0 Å². The maximum absolute atomic E-state index is 11.5. The van der Waals surface area contributed by atoms with Crippen molar-refractivity contribution in [1.82, 2.24) is 10.3 Å². The van der Waals surface area contributed by atoms with Crippen molar-refractivity contribution in [1.29, 1.82) is 0 Å². The molecule has 5 nitrogen and oxygen atoms in total. The van der Waals surface area contributed by atoms with E-state index in [1.165, 1.54) is 0 Å². The number of rotatable bonds is 3. The second-order valence-corrected chi connectivity index (χ2v) is 3.71. The van der Waals surface area contributed by atoms with Crippen LogP contribution in [-0.2, 0) is 9.59 Å². The van der Waals surface area contributed by atoms with Crippen LogP contribution in [0.3, 0.4) is 0 Å². The third-order valence-electron chi connectivity index (χ3n) is 2.81. The topological polar surface area (TPSA) is 75.4 Å². The Balaban J connectivity index is 2.61. The third-order valence-corrected chi connectivity index (χ3v) is 2.81. The minimum atomic E-state index is -0.455. The fourth-order valence-corrected chi connectivity index (χ4v) is 1.72. The van der Waals surface area contributed by atoms with Gasteiger partial charge >= 0.3 is 0 Å². The number of hydrogen-bond donors (Lipinski definition) is 2. The van der Waals surface area contributed by atoms with Crippen LogP contribution in [0.4, 0.5) is 0 Å². The van der Waals surface area contributed by atoms with Gasteiger partial charge in [-0.3, -0.25) is 15.0 Å². The average molecular weight is 199 g/mol. The van der Waals surface area contributed by atoms with Gasteiger partial charge in [-0.1, -0.05) is 13.3 Å². The molecule has 1 fully saturated rings. The van der Waals surface area contributed by atoms with E-state index in [1.54, 1.807) is 11.8 Å². The van der Waals surface area contributed by atoms with Crippen molar-refractivity contribution in [2.24, 2.45) is 11.8 Å². The van der Waals surface area contributed by atoms with Crippen molar-refractivity contribution in [3.05, 3.63) is 0 Å². The minimum absolute atomic E-state index is 0.0490. The van der Waals surface area contributed by atoms with Crippen LogP contribution in [-0.4, -0.2) is 29.3 Å². The molecule has 3 N–H and O–H groups in total. The lowest BCUT2D eigenvalue weighted by molar-refractivity contribution is -0.136. The molecule has 1 aliphatic rings. The van der Waals surface area contributed by atoms with Gasteiger partial charge in [0.1, 0.15) is 6.04 Å². The average Bonchev–Trinajstić information content (AvgIpc) is 2.57. The molecule has 0 radical (unpaired) electrons. The SMILES string of the molecule is CCC1CC(=O)N(C(C)C(=O)NN)C1. The molecule has 0 aliphatic carbocycles. The van der Waals surface area contributed by atoms with Crippen LogP contribution in [0.5, 0.6) is 0 Å². The number of hydrogen-bond acceptors (Lipinski definition) is 3. The van der Waals surface area contributed by atoms with Crippen molar-refractivity contribution in [2.45, 2.75) is 32.7 Å². The van der Waals surface area contributed by atoms with E-state index < -0.39 is 6.04 Å². The van der Waals surface area contributed by atoms with E-state index in [2.05, 4.69) is 12.3 Å². The number of likely N-dealkylation sites (tertiary alicyclic amines) is 1. The molecule has 1 aliphatic heterocycles. The standard InChI is InChI=1S/C9H17N3O2/c1-3-7-4-8(13)12(5-7)6(2)9(14)11-10/h6-7H,3-5,10H2,1-2H3,(H,11,14). The summed E-state index contributed by atoms with van der Waals surface area (Å²) in [5.41, 5.74) is 2.06. The third kappa shape index (κ3) is 2.04. The molecular weight excluding hydrogens is 182 g/mol. The van der Waals surface area contributed by atoms with Crippen LogP contribution < -0.4 is 11.3 Å². The number of amides is 2. The number of carbonyl (C=O) groups excluding carboxylic acids is 2. The molecule has 0 spiro atoms. The van der Waals surface area contributed by atoms with Gasteiger partial charge in [0, 0.05) is 13.0 Å². The summed E-state index contributed by atoms with van der Waals surface area (Å²) >= 11 is 0. The molecule has 0 aromatic heterocycles. The number of nitrogens with two attached hydrogens (primary N) is 1. The van der Waals surface area contributed by atoms with Gasteiger partial charge in [0.15, 0.2) is 0 Å². The molecule has 0 aromatic carbocycles. The molecule has 1 heterocycles. The van der Waals surface area contributed by atoms with Crippen molar-refractivity contribution >= 4 is 11.8 Å². The first-order chi connectivity index (χ1) is 6.60. The molecule has 2 unspecified atom stereocenters. The quantitative estimate of drug-likeness (QED) is 0.370. The zero-order chi connectivity index (χ0) is 10.7. The number of hydrazine groups is 1. The maximum Gasteiger partial charge on any atom is 0.256 e. The normalized spacial score (nSPS) is 23.8. The number of nitrogens with zero attached hydrogens (tertiary/aromatic N) is 1. The lowest BCUT2D eigenvalue weighted by atomic mass is 10.1. The van der Waals surface area contributed by atoms with E-state index >= 15 is 0 Å². The highest BCUT2D eigenvalue weighted by atomic mass is 16.2. The van der Waals surface area contributed by atoms with Crippen LogP contribution in [0.1, 0.15) is 26.7 Å². The van der Waals surface area contributed by atoms with Gasteiger partial charge < -0.3 is 4.90 Å². The largest absolute Gasteiger partial charge is 0.331 e. The van der Waals surface area contributed by atoms with Crippen LogP contribution >= 0.6 is 0 Å². The van der Waals surface area contributed by atoms with Gasteiger partial charge in [0.05, 0.1) is 0 Å². The molecule has 2 atom stereocenters. The van der Waals surface area contributed by atoms with Crippen molar-refractivity contribution in [3.8, 4) is 0 Å². The van der Waals surface area contributed by atoms with E-state index in [1.807, 2.05) is 0 Å². The van der Waals surface area contributed by atoms with Gasteiger partial charge in [0.25, 0.3) is 5.91 Å². The summed E-state index contributed by atoms with van der Waals surface area (Å²) < 4.78 is 0. The summed E-state index contributed by atoms with van der Waals surface area (Å²) in [6.07, 6.45) is 1.53. The Morgan fingerprint density at radius 2 is 2.43 bits per heavy atom. The van der Waals surface area contributed by atoms with Crippen molar-refractivity contribution < 1.29 is 9.59 Å². The lowest BCUT2D eigenvalue weighted by Crippen LogP contribution is -2.48. The zero-order valence-electron chi connectivity index (χ0n) is 8.62. The molecule has 0 aromatic rings. The first-order valence-corrected chi connectivity index (χ1v) is 4.90. The van der Waals surface area contributed by atoms with Gasteiger partial charge in [-0.05, 0) is 12.8 Å². The number of carbonyl (C=O) groups is 2. The molecule has 14 heavy (non-hydrogen) atoms. The Morgan fingerprint density at radius 1 is 1.79 bits per heavy atom. The van der Waals surface area contributed by atoms with Gasteiger partial charge in [0.2, 0.25) is 5.91 Å². The predicted molar refractivity (Wildman–Crippen MR) is 51.9 cm³/mol. The fraction of sp³-hybridized carbons (Fsp3) is 0.778. The fourth-order valence-electron chi connectivity index (χ4n) is 1.72. The Bertz CT molecular complexity index is 242. The second-order valence-electron chi connectivity index (χ2n) is 3.71. The summed E-state index contributed by atoms with van der Waals surface area (Å²) in [5.74, 6) is 5.14. The second kappa shape index (κ2) is 4.41. The Morgan fingerprint density at radius 3 is 2.86 bits per heavy atom. The Hall–Kier alpha value is -1.10. The minimum Gasteiger partial charge on any atom is -0.331 e. The monoisotopic (exact) mass is 199 g/mol. The summed E-state index contributed by atoms with van der Waals surface area (Å²) in [6.45, 7) is 4.41. The molecule has 2 amide bonds. The van der Waals surface area contributed by atoms with Gasteiger partial charge in [-0.2, -0.15) is 0 Å². The number of nitrogens with one attached hydrogen (secondary N) is 1. The summed E-state index contributed by atoms with van der Waals surface area (Å²) in [5, 5.41) is 0. The molecule has 1 saturated heterocycles. The lowest BCUT2D eigenvalue weighted by Gasteiger charge is -2.22. The van der Waals surface area contributed by atoms with Gasteiger partial charge in [-0.25, -0.2) is 5.84 Å². The van der Waals surface area contributed by atoms with E-state index in [0.29, 0.717) is 18.9 Å². The van der Waals surface area contributed by atoms with Crippen molar-refractivity contribution in [3.63, 3.8) is 0 Å².